The van der Waals surface area contributed by atoms with Crippen LogP contribution in [-0.4, -0.2) is 42.7 Å². The molecule has 0 atom stereocenters. The van der Waals surface area contributed by atoms with Gasteiger partial charge in [0.05, 0.1) is 17.7 Å². The topological polar surface area (TPSA) is 78.4 Å². The van der Waals surface area contributed by atoms with Crippen LogP contribution in [0, 0.1) is 12.7 Å². The molecule has 2 aromatic rings. The van der Waals surface area contributed by atoms with Crippen molar-refractivity contribution < 1.29 is 9.18 Å². The van der Waals surface area contributed by atoms with Crippen molar-refractivity contribution in [1.82, 2.24) is 20.9 Å². The Morgan fingerprint density at radius 3 is 2.66 bits per heavy atom. The van der Waals surface area contributed by atoms with Gasteiger partial charge in [0.15, 0.2) is 5.96 Å². The van der Waals surface area contributed by atoms with Crippen LogP contribution in [0.2, 0.25) is 0 Å². The number of hydrogen-bond donors (Lipinski definition) is 3. The van der Waals surface area contributed by atoms with E-state index in [4.69, 9.17) is 0 Å². The van der Waals surface area contributed by atoms with E-state index in [1.54, 1.807) is 29.4 Å². The molecule has 29 heavy (non-hydrogen) atoms. The summed E-state index contributed by atoms with van der Waals surface area (Å²) >= 11 is 2.99. The highest BCUT2D eigenvalue weighted by atomic mass is 127. The van der Waals surface area contributed by atoms with Crippen LogP contribution >= 0.6 is 47.1 Å². The van der Waals surface area contributed by atoms with E-state index in [0.717, 1.165) is 29.1 Å². The molecule has 3 N–H and O–H groups in total. The maximum atomic E-state index is 13.5. The van der Waals surface area contributed by atoms with Gasteiger partial charge in [-0.2, -0.15) is 11.8 Å². The summed E-state index contributed by atoms with van der Waals surface area (Å²) in [5, 5.41) is 9.25. The quantitative estimate of drug-likeness (QED) is 0.192. The van der Waals surface area contributed by atoms with E-state index in [0.29, 0.717) is 30.5 Å². The number of nitrogens with zero attached hydrogens (tertiary/aromatic N) is 2. The van der Waals surface area contributed by atoms with Gasteiger partial charge in [-0.15, -0.1) is 35.3 Å². The van der Waals surface area contributed by atoms with Gasteiger partial charge < -0.3 is 16.0 Å². The number of aliphatic imine (C=N–C) groups is 1. The Labute approximate surface area is 196 Å². The third-order valence-electron chi connectivity index (χ3n) is 3.87. The van der Waals surface area contributed by atoms with Crippen LogP contribution in [0.3, 0.4) is 0 Å². The third-order valence-corrected chi connectivity index (χ3v) is 5.40. The van der Waals surface area contributed by atoms with Crippen molar-refractivity contribution >= 4 is 58.9 Å². The molecule has 1 aromatic heterocycles. The van der Waals surface area contributed by atoms with Crippen LogP contribution in [0.5, 0.6) is 0 Å². The lowest BCUT2D eigenvalue weighted by molar-refractivity contribution is 0.0957. The van der Waals surface area contributed by atoms with Gasteiger partial charge in [-0.1, -0.05) is 6.07 Å². The molecule has 10 heteroatoms. The Balaban J connectivity index is 0.00000420. The highest BCUT2D eigenvalue weighted by Crippen LogP contribution is 2.17. The second kappa shape index (κ2) is 13.8. The van der Waals surface area contributed by atoms with Crippen molar-refractivity contribution in [3.05, 3.63) is 51.2 Å². The van der Waals surface area contributed by atoms with Crippen LogP contribution in [0.1, 0.15) is 33.4 Å². The number of thioether (sulfide) groups is 1. The lowest BCUT2D eigenvalue weighted by Gasteiger charge is -2.13. The molecule has 2 rings (SSSR count). The monoisotopic (exact) mass is 551 g/mol. The molecule has 0 radical (unpaired) electrons. The average molecular weight is 551 g/mol. The molecule has 0 aliphatic heterocycles. The predicted molar refractivity (Wildman–Crippen MR) is 131 cm³/mol. The zero-order chi connectivity index (χ0) is 20.4. The predicted octanol–water partition coefficient (Wildman–Crippen LogP) is 3.56. The molecule has 1 heterocycles. The Hall–Kier alpha value is -1.40. The van der Waals surface area contributed by atoms with Crippen molar-refractivity contribution in [2.24, 2.45) is 4.99 Å². The lowest BCUT2D eigenvalue weighted by atomic mass is 10.1. The van der Waals surface area contributed by atoms with E-state index in [9.17, 15) is 9.18 Å². The molecule has 0 spiro atoms. The summed E-state index contributed by atoms with van der Waals surface area (Å²) in [6.45, 7) is 5.99. The number of thiazole rings is 1. The van der Waals surface area contributed by atoms with Gasteiger partial charge in [-0.3, -0.25) is 4.79 Å². The number of carbonyl (C=O) groups excluding carboxylic acids is 1. The summed E-state index contributed by atoms with van der Waals surface area (Å²) in [4.78, 5) is 21.4. The van der Waals surface area contributed by atoms with Crippen molar-refractivity contribution in [2.45, 2.75) is 26.1 Å². The highest BCUT2D eigenvalue weighted by molar-refractivity contribution is 14.0. The molecule has 0 aliphatic carbocycles. The second-order valence-corrected chi connectivity index (χ2v) is 7.71. The SMILES string of the molecule is CCNC(=NCc1ccc(F)cc1CSC)NCCNC(=O)c1scnc1C.I. The van der Waals surface area contributed by atoms with Gasteiger partial charge in [0, 0.05) is 25.4 Å². The zero-order valence-corrected chi connectivity index (χ0v) is 20.7. The number of aryl methyl sites for hydroxylation is 1. The van der Waals surface area contributed by atoms with E-state index in [2.05, 4.69) is 25.9 Å². The van der Waals surface area contributed by atoms with E-state index < -0.39 is 0 Å². The van der Waals surface area contributed by atoms with Gasteiger partial charge >= 0.3 is 0 Å². The van der Waals surface area contributed by atoms with Crippen molar-refractivity contribution in [1.29, 1.82) is 0 Å². The molecule has 1 aromatic carbocycles. The number of rotatable bonds is 9. The molecule has 160 valence electrons. The minimum Gasteiger partial charge on any atom is -0.357 e. The first-order valence-corrected chi connectivity index (χ1v) is 11.3. The van der Waals surface area contributed by atoms with Crippen LogP contribution in [0.15, 0.2) is 28.7 Å². The molecule has 0 saturated heterocycles. The van der Waals surface area contributed by atoms with E-state index in [1.165, 1.54) is 17.4 Å². The fraction of sp³-hybridized carbons (Fsp3) is 0.421. The fourth-order valence-corrected chi connectivity index (χ4v) is 3.80. The van der Waals surface area contributed by atoms with Crippen molar-refractivity contribution in [3.8, 4) is 0 Å². The normalized spacial score (nSPS) is 11.0. The van der Waals surface area contributed by atoms with Gasteiger partial charge in [-0.05, 0) is 43.4 Å². The maximum absolute atomic E-state index is 13.5. The molecular formula is C19H27FIN5OS2. The number of amides is 1. The van der Waals surface area contributed by atoms with Gasteiger partial charge in [0.25, 0.3) is 5.91 Å². The molecule has 0 bridgehead atoms. The largest absolute Gasteiger partial charge is 0.357 e. The first-order valence-electron chi connectivity index (χ1n) is 9.01. The average Bonchev–Trinajstić information content (AvgIpc) is 3.10. The summed E-state index contributed by atoms with van der Waals surface area (Å²) in [7, 11) is 0. The van der Waals surface area contributed by atoms with Gasteiger partial charge in [-0.25, -0.2) is 14.4 Å². The minimum atomic E-state index is -0.228. The number of hydrogen-bond acceptors (Lipinski definition) is 5. The number of carbonyl (C=O) groups is 1. The number of halogens is 2. The Bertz CT molecular complexity index is 816. The molecule has 0 saturated carbocycles. The number of aromatic nitrogens is 1. The molecule has 0 unspecified atom stereocenters. The Morgan fingerprint density at radius 1 is 1.24 bits per heavy atom. The van der Waals surface area contributed by atoms with E-state index in [-0.39, 0.29) is 35.7 Å². The van der Waals surface area contributed by atoms with E-state index in [1.807, 2.05) is 20.1 Å². The maximum Gasteiger partial charge on any atom is 0.263 e. The molecule has 6 nitrogen and oxygen atoms in total. The van der Waals surface area contributed by atoms with Crippen LogP contribution in [-0.2, 0) is 12.3 Å². The Kier molecular flexibility index (Phi) is 12.2. The molecule has 0 fully saturated rings. The van der Waals surface area contributed by atoms with Crippen molar-refractivity contribution in [2.75, 3.05) is 25.9 Å². The smallest absolute Gasteiger partial charge is 0.263 e. The van der Waals surface area contributed by atoms with Crippen LogP contribution < -0.4 is 16.0 Å². The first kappa shape index (κ1) is 25.6. The summed E-state index contributed by atoms with van der Waals surface area (Å²) < 4.78 is 13.5. The summed E-state index contributed by atoms with van der Waals surface area (Å²) in [6, 6.07) is 4.82. The van der Waals surface area contributed by atoms with Gasteiger partial charge in [0.1, 0.15) is 10.7 Å². The number of benzene rings is 1. The van der Waals surface area contributed by atoms with Crippen LogP contribution in [0.4, 0.5) is 4.39 Å². The third kappa shape index (κ3) is 8.47. The molecule has 1 amide bonds. The zero-order valence-electron chi connectivity index (χ0n) is 16.8. The number of guanidine groups is 1. The number of nitrogens with one attached hydrogen (secondary N) is 3. The fourth-order valence-electron chi connectivity index (χ4n) is 2.50. The highest BCUT2D eigenvalue weighted by Gasteiger charge is 2.10. The lowest BCUT2D eigenvalue weighted by Crippen LogP contribution is -2.41. The summed E-state index contributed by atoms with van der Waals surface area (Å²) in [5.74, 6) is 1.06. The summed E-state index contributed by atoms with van der Waals surface area (Å²) in [5.41, 5.74) is 4.37. The molecule has 0 aliphatic rings. The molecular weight excluding hydrogens is 524 g/mol. The Morgan fingerprint density at radius 2 is 2.00 bits per heavy atom. The van der Waals surface area contributed by atoms with Crippen molar-refractivity contribution in [3.63, 3.8) is 0 Å². The standard InChI is InChI=1S/C19H26FN5OS2.HI/c1-4-21-19(23-8-7-22-18(26)17-13(2)25-12-28-17)24-10-14-5-6-16(20)9-15(14)11-27-3;/h5-6,9,12H,4,7-8,10-11H2,1-3H3,(H,22,26)(H2,21,23,24);1H. The summed E-state index contributed by atoms with van der Waals surface area (Å²) in [6.07, 6.45) is 1.99. The van der Waals surface area contributed by atoms with Gasteiger partial charge in [0.2, 0.25) is 0 Å². The first-order chi connectivity index (χ1) is 13.5. The second-order valence-electron chi connectivity index (χ2n) is 5.99. The minimum absolute atomic E-state index is 0. The van der Waals surface area contributed by atoms with E-state index >= 15 is 0 Å². The van der Waals surface area contributed by atoms with Crippen LogP contribution in [0.25, 0.3) is 0 Å².